The zero-order valence-corrected chi connectivity index (χ0v) is 11.4. The number of nitrogens with two attached hydrogens (primary N) is 1. The Labute approximate surface area is 110 Å². The van der Waals surface area contributed by atoms with E-state index in [9.17, 15) is 4.79 Å². The molecule has 0 radical (unpaired) electrons. The summed E-state index contributed by atoms with van der Waals surface area (Å²) >= 11 is 0. The van der Waals surface area contributed by atoms with Gasteiger partial charge in [0.25, 0.3) is 0 Å². The summed E-state index contributed by atoms with van der Waals surface area (Å²) in [5.41, 5.74) is 5.72. The number of carbonyl (C=O) groups is 1. The van der Waals surface area contributed by atoms with E-state index in [2.05, 4.69) is 5.92 Å². The van der Waals surface area contributed by atoms with Crippen molar-refractivity contribution < 1.29 is 14.3 Å². The molecule has 0 aliphatic rings. The Morgan fingerprint density at radius 3 is 2.17 bits per heavy atom. The van der Waals surface area contributed by atoms with Gasteiger partial charge in [-0.3, -0.25) is 4.79 Å². The van der Waals surface area contributed by atoms with Crippen molar-refractivity contribution in [3.63, 3.8) is 0 Å². The Balaban J connectivity index is 4.24. The van der Waals surface area contributed by atoms with Crippen LogP contribution < -0.4 is 5.73 Å². The highest BCUT2D eigenvalue weighted by Gasteiger charge is 2.19. The maximum Gasteiger partial charge on any atom is 0.240 e. The summed E-state index contributed by atoms with van der Waals surface area (Å²) in [6, 6.07) is -0.641. The summed E-state index contributed by atoms with van der Waals surface area (Å²) in [5.74, 6) is 2.26. The van der Waals surface area contributed by atoms with E-state index < -0.39 is 6.04 Å². The fraction of sp³-hybridized carbons (Fsp3) is 0.769. The lowest BCUT2D eigenvalue weighted by Gasteiger charge is -2.24. The second kappa shape index (κ2) is 11.0. The van der Waals surface area contributed by atoms with Gasteiger partial charge >= 0.3 is 0 Å². The van der Waals surface area contributed by atoms with Gasteiger partial charge < -0.3 is 20.1 Å². The van der Waals surface area contributed by atoms with Crippen molar-refractivity contribution in [3.05, 3.63) is 0 Å². The van der Waals surface area contributed by atoms with Gasteiger partial charge in [0.2, 0.25) is 5.91 Å². The maximum absolute atomic E-state index is 12.0. The van der Waals surface area contributed by atoms with Crippen molar-refractivity contribution in [1.82, 2.24) is 4.90 Å². The van der Waals surface area contributed by atoms with E-state index in [1.807, 2.05) is 13.8 Å². The molecule has 5 nitrogen and oxygen atoms in total. The van der Waals surface area contributed by atoms with Crippen LogP contribution in [0, 0.1) is 12.3 Å². The molecular weight excluding hydrogens is 232 g/mol. The number of hydrogen-bond donors (Lipinski definition) is 1. The van der Waals surface area contributed by atoms with Crippen molar-refractivity contribution in [1.29, 1.82) is 0 Å². The number of ether oxygens (including phenoxy) is 2. The van der Waals surface area contributed by atoms with E-state index in [-0.39, 0.29) is 12.3 Å². The monoisotopic (exact) mass is 256 g/mol. The van der Waals surface area contributed by atoms with Crippen LogP contribution in [-0.2, 0) is 14.3 Å². The molecule has 0 aliphatic heterocycles. The lowest BCUT2D eigenvalue weighted by Crippen LogP contribution is -2.46. The van der Waals surface area contributed by atoms with Crippen LogP contribution in [0.3, 0.4) is 0 Å². The zero-order chi connectivity index (χ0) is 13.8. The predicted octanol–water partition coefficient (Wildman–Crippen LogP) is 0.239. The van der Waals surface area contributed by atoms with Crippen LogP contribution in [0.4, 0.5) is 0 Å². The third-order valence-corrected chi connectivity index (χ3v) is 2.39. The van der Waals surface area contributed by atoms with Crippen LogP contribution in [0.2, 0.25) is 0 Å². The minimum absolute atomic E-state index is 0.146. The number of carbonyl (C=O) groups excluding carboxylic acids is 1. The smallest absolute Gasteiger partial charge is 0.240 e. The molecule has 0 fully saturated rings. The highest BCUT2D eigenvalue weighted by molar-refractivity contribution is 5.82. The molecule has 0 aliphatic carbocycles. The van der Waals surface area contributed by atoms with E-state index >= 15 is 0 Å². The van der Waals surface area contributed by atoms with Crippen LogP contribution in [-0.4, -0.2) is 56.4 Å². The Kier molecular flexibility index (Phi) is 10.4. The molecule has 0 aromatic rings. The summed E-state index contributed by atoms with van der Waals surface area (Å²) in [5, 5.41) is 0. The van der Waals surface area contributed by atoms with Crippen molar-refractivity contribution in [2.45, 2.75) is 26.3 Å². The lowest BCUT2D eigenvalue weighted by atomic mass is 10.2. The minimum atomic E-state index is -0.641. The van der Waals surface area contributed by atoms with Gasteiger partial charge in [0.1, 0.15) is 0 Å². The van der Waals surface area contributed by atoms with Gasteiger partial charge in [-0.2, -0.15) is 0 Å². The number of nitrogens with zero attached hydrogens (tertiary/aromatic N) is 1. The van der Waals surface area contributed by atoms with Gasteiger partial charge in [0, 0.05) is 32.7 Å². The van der Waals surface area contributed by atoms with Gasteiger partial charge in [-0.1, -0.05) is 0 Å². The second-order valence-corrected chi connectivity index (χ2v) is 3.73. The topological polar surface area (TPSA) is 64.8 Å². The fourth-order valence-electron chi connectivity index (χ4n) is 1.42. The molecule has 104 valence electrons. The highest BCUT2D eigenvalue weighted by atomic mass is 16.5. The summed E-state index contributed by atoms with van der Waals surface area (Å²) in [6.07, 6.45) is 5.41. The Bertz CT molecular complexity index is 253. The van der Waals surface area contributed by atoms with Crippen LogP contribution in [0.5, 0.6) is 0 Å². The molecule has 0 aromatic carbocycles. The van der Waals surface area contributed by atoms with Gasteiger partial charge in [0.15, 0.2) is 0 Å². The molecule has 18 heavy (non-hydrogen) atoms. The van der Waals surface area contributed by atoms with Gasteiger partial charge in [-0.15, -0.1) is 12.3 Å². The minimum Gasteiger partial charge on any atom is -0.380 e. The largest absolute Gasteiger partial charge is 0.380 e. The van der Waals surface area contributed by atoms with Gasteiger partial charge in [-0.05, 0) is 13.8 Å². The first-order chi connectivity index (χ1) is 8.67. The van der Waals surface area contributed by atoms with Crippen molar-refractivity contribution in [3.8, 4) is 12.3 Å². The third-order valence-electron chi connectivity index (χ3n) is 2.39. The van der Waals surface area contributed by atoms with Crippen LogP contribution >= 0.6 is 0 Å². The second-order valence-electron chi connectivity index (χ2n) is 3.73. The Morgan fingerprint density at radius 1 is 1.28 bits per heavy atom. The number of rotatable bonds is 10. The summed E-state index contributed by atoms with van der Waals surface area (Å²) in [6.45, 7) is 7.10. The molecule has 0 saturated heterocycles. The SMILES string of the molecule is C#CCC(N)C(=O)N(CCOCC)CCOCC. The first-order valence-electron chi connectivity index (χ1n) is 6.30. The van der Waals surface area contributed by atoms with E-state index in [0.29, 0.717) is 39.5 Å². The molecular formula is C13H24N2O3. The van der Waals surface area contributed by atoms with Crippen LogP contribution in [0.1, 0.15) is 20.3 Å². The third kappa shape index (κ3) is 7.28. The maximum atomic E-state index is 12.0. The molecule has 2 N–H and O–H groups in total. The molecule has 0 bridgehead atoms. The summed E-state index contributed by atoms with van der Waals surface area (Å²) < 4.78 is 10.5. The number of amides is 1. The molecule has 0 aromatic heterocycles. The van der Waals surface area contributed by atoms with Gasteiger partial charge in [-0.25, -0.2) is 0 Å². The molecule has 5 heteroatoms. The normalized spacial score (nSPS) is 11.9. The highest BCUT2D eigenvalue weighted by Crippen LogP contribution is 1.98. The number of hydrogen-bond acceptors (Lipinski definition) is 4. The lowest BCUT2D eigenvalue weighted by molar-refractivity contribution is -0.134. The van der Waals surface area contributed by atoms with Crippen molar-refractivity contribution in [2.75, 3.05) is 39.5 Å². The van der Waals surface area contributed by atoms with Crippen molar-refractivity contribution in [2.24, 2.45) is 5.73 Å². The average molecular weight is 256 g/mol. The van der Waals surface area contributed by atoms with E-state index in [1.165, 1.54) is 0 Å². The van der Waals surface area contributed by atoms with E-state index in [4.69, 9.17) is 21.6 Å². The Morgan fingerprint density at radius 2 is 1.78 bits per heavy atom. The predicted molar refractivity (Wildman–Crippen MR) is 71.0 cm³/mol. The quantitative estimate of drug-likeness (QED) is 0.449. The summed E-state index contributed by atoms with van der Waals surface area (Å²) in [4.78, 5) is 13.7. The van der Waals surface area contributed by atoms with E-state index in [1.54, 1.807) is 4.90 Å². The molecule has 0 spiro atoms. The molecule has 1 unspecified atom stereocenters. The molecule has 0 saturated carbocycles. The van der Waals surface area contributed by atoms with Crippen molar-refractivity contribution >= 4 is 5.91 Å². The van der Waals surface area contributed by atoms with E-state index in [0.717, 1.165) is 0 Å². The number of terminal acetylenes is 1. The Hall–Kier alpha value is -1.09. The van der Waals surface area contributed by atoms with Gasteiger partial charge in [0.05, 0.1) is 19.3 Å². The molecule has 0 rings (SSSR count). The first kappa shape index (κ1) is 16.9. The molecule has 1 amide bonds. The standard InChI is InChI=1S/C13H24N2O3/c1-4-7-12(14)13(16)15(8-10-17-5-2)9-11-18-6-3/h1,12H,5-11,14H2,2-3H3. The molecule has 0 heterocycles. The van der Waals surface area contributed by atoms with Crippen LogP contribution in [0.15, 0.2) is 0 Å². The molecule has 1 atom stereocenters. The fourth-order valence-corrected chi connectivity index (χ4v) is 1.42. The van der Waals surface area contributed by atoms with Crippen LogP contribution in [0.25, 0.3) is 0 Å². The average Bonchev–Trinajstić information content (AvgIpc) is 2.37. The first-order valence-corrected chi connectivity index (χ1v) is 6.30. The zero-order valence-electron chi connectivity index (χ0n) is 11.4. The summed E-state index contributed by atoms with van der Waals surface area (Å²) in [7, 11) is 0.